The van der Waals surface area contributed by atoms with Crippen molar-refractivity contribution in [3.63, 3.8) is 0 Å². The van der Waals surface area contributed by atoms with Crippen LogP contribution in [0.25, 0.3) is 0 Å². The summed E-state index contributed by atoms with van der Waals surface area (Å²) in [5.41, 5.74) is 6.55. The lowest BCUT2D eigenvalue weighted by Crippen LogP contribution is -2.43. The number of anilines is 1. The maximum atomic E-state index is 12.1. The van der Waals surface area contributed by atoms with Crippen LogP contribution in [0.3, 0.4) is 0 Å². The van der Waals surface area contributed by atoms with Gasteiger partial charge in [-0.25, -0.2) is 0 Å². The number of rotatable bonds is 4. The monoisotopic (exact) mass is 264 g/mol. The first-order chi connectivity index (χ1) is 9.05. The molecule has 1 amide bonds. The fraction of sp³-hybridized carbons (Fsp3) is 0.500. The van der Waals surface area contributed by atoms with Crippen molar-refractivity contribution in [2.24, 2.45) is 0 Å². The van der Waals surface area contributed by atoms with Crippen LogP contribution < -0.4 is 15.8 Å². The number of carbonyl (C=O) groups is 1. The van der Waals surface area contributed by atoms with Crippen LogP contribution in [0, 0.1) is 0 Å². The maximum Gasteiger partial charge on any atom is 0.252 e. The molecule has 0 bridgehead atoms. The van der Waals surface area contributed by atoms with Crippen molar-refractivity contribution in [1.82, 2.24) is 5.32 Å². The van der Waals surface area contributed by atoms with E-state index in [1.807, 2.05) is 6.92 Å². The van der Waals surface area contributed by atoms with Crippen LogP contribution in [-0.4, -0.2) is 25.2 Å². The number of nitrogens with two attached hydrogens (primary N) is 1. The van der Waals surface area contributed by atoms with Crippen LogP contribution in [0.4, 0.5) is 5.69 Å². The van der Waals surface area contributed by atoms with Crippen LogP contribution in [0.15, 0.2) is 18.2 Å². The number of hydrogen-bond donors (Lipinski definition) is 2. The second kappa shape index (κ2) is 5.48. The summed E-state index contributed by atoms with van der Waals surface area (Å²) in [5, 5.41) is 2.88. The summed E-state index contributed by atoms with van der Waals surface area (Å²) in [6.45, 7) is 2.85. The van der Waals surface area contributed by atoms with Gasteiger partial charge in [0.15, 0.2) is 0 Å². The molecule has 1 unspecified atom stereocenters. The molecule has 0 saturated carbocycles. The minimum Gasteiger partial charge on any atom is -0.496 e. The Morgan fingerprint density at radius 2 is 2.37 bits per heavy atom. The van der Waals surface area contributed by atoms with Crippen molar-refractivity contribution in [3.05, 3.63) is 23.8 Å². The molecule has 5 nitrogen and oxygen atoms in total. The molecule has 1 aromatic carbocycles. The van der Waals surface area contributed by atoms with Crippen molar-refractivity contribution in [2.75, 3.05) is 19.5 Å². The van der Waals surface area contributed by atoms with E-state index in [0.29, 0.717) is 24.6 Å². The topological polar surface area (TPSA) is 73.6 Å². The van der Waals surface area contributed by atoms with Gasteiger partial charge >= 0.3 is 0 Å². The van der Waals surface area contributed by atoms with Crippen molar-refractivity contribution >= 4 is 11.6 Å². The van der Waals surface area contributed by atoms with Crippen LogP contribution >= 0.6 is 0 Å². The first-order valence-electron chi connectivity index (χ1n) is 6.40. The third kappa shape index (κ3) is 2.98. The lowest BCUT2D eigenvalue weighted by molar-refractivity contribution is -0.139. The molecule has 1 saturated heterocycles. The third-order valence-electron chi connectivity index (χ3n) is 3.44. The van der Waals surface area contributed by atoms with Gasteiger partial charge in [-0.05, 0) is 38.0 Å². The molecule has 0 radical (unpaired) electrons. The molecule has 104 valence electrons. The quantitative estimate of drug-likeness (QED) is 0.807. The second-order valence-electron chi connectivity index (χ2n) is 4.94. The number of amides is 1. The summed E-state index contributed by atoms with van der Waals surface area (Å²) in [6.07, 6.45) is 1.68. The Labute approximate surface area is 113 Å². The molecule has 19 heavy (non-hydrogen) atoms. The van der Waals surface area contributed by atoms with E-state index in [4.69, 9.17) is 15.2 Å². The second-order valence-corrected chi connectivity index (χ2v) is 4.94. The van der Waals surface area contributed by atoms with E-state index in [2.05, 4.69) is 5.32 Å². The van der Waals surface area contributed by atoms with Gasteiger partial charge in [0.2, 0.25) is 0 Å². The molecule has 2 rings (SSSR count). The Bertz CT molecular complexity index is 468. The van der Waals surface area contributed by atoms with E-state index in [-0.39, 0.29) is 5.91 Å². The fourth-order valence-electron chi connectivity index (χ4n) is 2.26. The smallest absolute Gasteiger partial charge is 0.252 e. The van der Waals surface area contributed by atoms with E-state index in [1.54, 1.807) is 25.3 Å². The first-order valence-corrected chi connectivity index (χ1v) is 6.40. The zero-order valence-corrected chi connectivity index (χ0v) is 11.4. The number of nitrogens with one attached hydrogen (secondary N) is 1. The van der Waals surface area contributed by atoms with Gasteiger partial charge in [-0.1, -0.05) is 0 Å². The number of methoxy groups -OCH3 is 1. The Morgan fingerprint density at radius 1 is 1.58 bits per heavy atom. The van der Waals surface area contributed by atoms with Crippen LogP contribution in [-0.2, 0) is 16.1 Å². The van der Waals surface area contributed by atoms with Crippen LogP contribution in [0.1, 0.15) is 25.3 Å². The van der Waals surface area contributed by atoms with E-state index >= 15 is 0 Å². The molecule has 1 aliphatic heterocycles. The highest BCUT2D eigenvalue weighted by atomic mass is 16.5. The van der Waals surface area contributed by atoms with E-state index in [1.165, 1.54) is 0 Å². The molecule has 1 aromatic rings. The van der Waals surface area contributed by atoms with Gasteiger partial charge in [-0.15, -0.1) is 0 Å². The van der Waals surface area contributed by atoms with Gasteiger partial charge in [0.05, 0.1) is 7.11 Å². The summed E-state index contributed by atoms with van der Waals surface area (Å²) in [6, 6.07) is 5.37. The maximum absolute atomic E-state index is 12.1. The highest BCUT2D eigenvalue weighted by Crippen LogP contribution is 2.26. The van der Waals surface area contributed by atoms with Crippen molar-refractivity contribution in [2.45, 2.75) is 31.9 Å². The molecule has 1 heterocycles. The Morgan fingerprint density at radius 3 is 3.00 bits per heavy atom. The summed E-state index contributed by atoms with van der Waals surface area (Å²) in [4.78, 5) is 12.1. The van der Waals surface area contributed by atoms with E-state index < -0.39 is 5.60 Å². The molecule has 0 aromatic heterocycles. The average molecular weight is 264 g/mol. The Balaban J connectivity index is 2.02. The van der Waals surface area contributed by atoms with Gasteiger partial charge in [-0.2, -0.15) is 0 Å². The van der Waals surface area contributed by atoms with Crippen molar-refractivity contribution in [3.8, 4) is 5.75 Å². The first kappa shape index (κ1) is 13.7. The molecule has 3 N–H and O–H groups in total. The Kier molecular flexibility index (Phi) is 3.95. The van der Waals surface area contributed by atoms with E-state index in [9.17, 15) is 4.79 Å². The van der Waals surface area contributed by atoms with Crippen molar-refractivity contribution < 1.29 is 14.3 Å². The molecule has 1 aliphatic rings. The molecular formula is C14H20N2O3. The van der Waals surface area contributed by atoms with Gasteiger partial charge < -0.3 is 20.5 Å². The van der Waals surface area contributed by atoms with Crippen LogP contribution in [0.5, 0.6) is 5.75 Å². The van der Waals surface area contributed by atoms with Gasteiger partial charge in [-0.3, -0.25) is 4.79 Å². The lowest BCUT2D eigenvalue weighted by atomic mass is 10.0. The Hall–Kier alpha value is -1.75. The predicted octanol–water partition coefficient (Wildman–Crippen LogP) is 1.46. The average Bonchev–Trinajstić information content (AvgIpc) is 2.84. The third-order valence-corrected chi connectivity index (χ3v) is 3.44. The summed E-state index contributed by atoms with van der Waals surface area (Å²) in [5.74, 6) is 0.626. The lowest BCUT2D eigenvalue weighted by Gasteiger charge is -2.22. The van der Waals surface area contributed by atoms with Crippen LogP contribution in [0.2, 0.25) is 0 Å². The summed E-state index contributed by atoms with van der Waals surface area (Å²) in [7, 11) is 1.60. The van der Waals surface area contributed by atoms with Crippen molar-refractivity contribution in [1.29, 1.82) is 0 Å². The molecular weight excluding hydrogens is 244 g/mol. The zero-order valence-electron chi connectivity index (χ0n) is 11.4. The fourth-order valence-corrected chi connectivity index (χ4v) is 2.26. The predicted molar refractivity (Wildman–Crippen MR) is 72.8 cm³/mol. The minimum atomic E-state index is -0.701. The SMILES string of the molecule is COc1ccc(N)cc1CNC(=O)C1(C)CCCO1. The van der Waals surface area contributed by atoms with Gasteiger partial charge in [0, 0.05) is 24.4 Å². The van der Waals surface area contributed by atoms with Gasteiger partial charge in [0.1, 0.15) is 11.4 Å². The zero-order chi connectivity index (χ0) is 13.9. The number of hydrogen-bond acceptors (Lipinski definition) is 4. The number of ether oxygens (including phenoxy) is 2. The molecule has 0 aliphatic carbocycles. The molecule has 0 spiro atoms. The summed E-state index contributed by atoms with van der Waals surface area (Å²) < 4.78 is 10.7. The highest BCUT2D eigenvalue weighted by Gasteiger charge is 2.37. The van der Waals surface area contributed by atoms with E-state index in [0.717, 1.165) is 18.4 Å². The molecule has 1 atom stereocenters. The van der Waals surface area contributed by atoms with Gasteiger partial charge in [0.25, 0.3) is 5.91 Å². The molecule has 5 heteroatoms. The standard InChI is InChI=1S/C14H20N2O3/c1-14(6-3-7-19-14)13(17)16-9-10-8-11(15)4-5-12(10)18-2/h4-5,8H,3,6-7,9,15H2,1-2H3,(H,16,17). The normalized spacial score (nSPS) is 22.2. The molecule has 1 fully saturated rings. The number of nitrogen functional groups attached to an aromatic ring is 1. The number of benzene rings is 1. The largest absolute Gasteiger partial charge is 0.496 e. The summed E-state index contributed by atoms with van der Waals surface area (Å²) >= 11 is 0. The highest BCUT2D eigenvalue weighted by molar-refractivity contribution is 5.85. The minimum absolute atomic E-state index is 0.0884. The number of carbonyl (C=O) groups excluding carboxylic acids is 1.